The first-order chi connectivity index (χ1) is 14.0. The lowest BCUT2D eigenvalue weighted by Gasteiger charge is -2.19. The zero-order valence-corrected chi connectivity index (χ0v) is 17.9. The van der Waals surface area contributed by atoms with Gasteiger partial charge in [0.15, 0.2) is 0 Å². The number of nitrogens with one attached hydrogen (secondary N) is 1. The van der Waals surface area contributed by atoms with Crippen LogP contribution in [0.3, 0.4) is 0 Å². The van der Waals surface area contributed by atoms with Crippen molar-refractivity contribution < 1.29 is 23.5 Å². The zero-order valence-electron chi connectivity index (χ0n) is 17.9. The third kappa shape index (κ3) is 4.10. The van der Waals surface area contributed by atoms with Crippen LogP contribution in [0.2, 0.25) is 0 Å². The van der Waals surface area contributed by atoms with Crippen molar-refractivity contribution in [1.82, 2.24) is 5.32 Å². The fourth-order valence-electron chi connectivity index (χ4n) is 3.64. The zero-order chi connectivity index (χ0) is 22.2. The van der Waals surface area contributed by atoms with E-state index in [1.54, 1.807) is 19.3 Å². The summed E-state index contributed by atoms with van der Waals surface area (Å²) in [5.41, 5.74) is 2.09. The molecule has 0 radical (unpaired) electrons. The van der Waals surface area contributed by atoms with Gasteiger partial charge in [0.1, 0.15) is 11.2 Å². The Bertz CT molecular complexity index is 1180. The summed E-state index contributed by atoms with van der Waals surface area (Å²) in [5.74, 6) is -1.91. The van der Waals surface area contributed by atoms with Crippen LogP contribution in [0.4, 0.5) is 0 Å². The lowest BCUT2D eigenvalue weighted by Crippen LogP contribution is -2.48. The van der Waals surface area contributed by atoms with Gasteiger partial charge in [0.25, 0.3) is 0 Å². The Balaban J connectivity index is 2.03. The smallest absolute Gasteiger partial charge is 0.340 e. The highest BCUT2D eigenvalue weighted by atomic mass is 16.4. The molecule has 3 aromatic rings. The summed E-state index contributed by atoms with van der Waals surface area (Å²) >= 11 is 0. The molecule has 0 bridgehead atoms. The maximum Gasteiger partial charge on any atom is 0.340 e. The molecule has 0 spiro atoms. The third-order valence-corrected chi connectivity index (χ3v) is 5.32. The molecule has 2 heterocycles. The summed E-state index contributed by atoms with van der Waals surface area (Å²) in [4.78, 5) is 36.1. The van der Waals surface area contributed by atoms with E-state index in [0.29, 0.717) is 28.5 Å². The predicted octanol–water partition coefficient (Wildman–Crippen LogP) is 2.72. The average molecular weight is 412 g/mol. The second-order valence-corrected chi connectivity index (χ2v) is 8.64. The van der Waals surface area contributed by atoms with Crippen LogP contribution in [0.5, 0.6) is 0 Å². The molecular weight excluding hydrogens is 386 g/mol. The molecule has 1 N–H and O–H groups in total. The Morgan fingerprint density at radius 2 is 1.87 bits per heavy atom. The first-order valence-corrected chi connectivity index (χ1v) is 10.0. The minimum atomic E-state index is -1.34. The Hall–Kier alpha value is -3.09. The van der Waals surface area contributed by atoms with Gasteiger partial charge < -0.3 is 24.1 Å². The van der Waals surface area contributed by atoms with Gasteiger partial charge >= 0.3 is 5.63 Å². The summed E-state index contributed by atoms with van der Waals surface area (Å²) in [6.45, 7) is 9.82. The van der Waals surface area contributed by atoms with Gasteiger partial charge in [-0.15, -0.1) is 0 Å². The van der Waals surface area contributed by atoms with Crippen molar-refractivity contribution in [2.45, 2.75) is 65.3 Å². The van der Waals surface area contributed by atoms with Crippen molar-refractivity contribution in [3.63, 3.8) is 0 Å². The second-order valence-electron chi connectivity index (χ2n) is 8.64. The van der Waals surface area contributed by atoms with E-state index < -0.39 is 23.5 Å². The van der Waals surface area contributed by atoms with Gasteiger partial charge in [0.2, 0.25) is 5.91 Å². The van der Waals surface area contributed by atoms with Gasteiger partial charge in [-0.25, -0.2) is 4.79 Å². The molecule has 160 valence electrons. The van der Waals surface area contributed by atoms with Crippen LogP contribution in [0, 0.1) is 6.92 Å². The minimum Gasteiger partial charge on any atom is -0.548 e. The van der Waals surface area contributed by atoms with Crippen LogP contribution >= 0.6 is 0 Å². The van der Waals surface area contributed by atoms with Gasteiger partial charge in [-0.05, 0) is 30.4 Å². The number of carboxylic acid groups (broad SMARTS) is 1. The standard InChI is InChI=1S/C23H27NO6/c1-6-7-17(21(26)27)24-20(25)9-14-12(2)13-8-15-16(23(3,4)5)11-29-18(15)10-19(13)30-22(14)28/h8,10-11,17H,6-7,9H2,1-5H3,(H,24,25)(H,26,27)/p-1/t17-/m0/s1. The summed E-state index contributed by atoms with van der Waals surface area (Å²) in [6, 6.07) is 2.51. The molecule has 0 saturated heterocycles. The molecule has 0 aliphatic heterocycles. The van der Waals surface area contributed by atoms with Crippen LogP contribution in [0.15, 0.2) is 32.0 Å². The molecule has 7 heteroatoms. The predicted molar refractivity (Wildman–Crippen MR) is 111 cm³/mol. The van der Waals surface area contributed by atoms with Crippen molar-refractivity contribution in [3.05, 3.63) is 45.5 Å². The van der Waals surface area contributed by atoms with Crippen LogP contribution in [0.25, 0.3) is 21.9 Å². The molecule has 0 fully saturated rings. The number of furan rings is 1. The monoisotopic (exact) mass is 412 g/mol. The number of rotatable bonds is 6. The fourth-order valence-corrected chi connectivity index (χ4v) is 3.64. The summed E-state index contributed by atoms with van der Waals surface area (Å²) < 4.78 is 11.1. The molecule has 7 nitrogen and oxygen atoms in total. The number of benzene rings is 1. The molecule has 0 aliphatic carbocycles. The van der Waals surface area contributed by atoms with Crippen molar-refractivity contribution in [3.8, 4) is 0 Å². The van der Waals surface area contributed by atoms with Crippen LogP contribution in [-0.2, 0) is 21.4 Å². The topological polar surface area (TPSA) is 113 Å². The highest BCUT2D eigenvalue weighted by Gasteiger charge is 2.22. The van der Waals surface area contributed by atoms with E-state index in [9.17, 15) is 19.5 Å². The number of carbonyl (C=O) groups excluding carboxylic acids is 2. The molecule has 3 rings (SSSR count). The lowest BCUT2D eigenvalue weighted by molar-refractivity contribution is -0.308. The van der Waals surface area contributed by atoms with Crippen LogP contribution < -0.4 is 16.0 Å². The molecule has 0 aliphatic rings. The van der Waals surface area contributed by atoms with E-state index in [-0.39, 0.29) is 23.8 Å². The molecule has 30 heavy (non-hydrogen) atoms. The normalized spacial score (nSPS) is 13.0. The summed E-state index contributed by atoms with van der Waals surface area (Å²) in [6.07, 6.45) is 2.27. The van der Waals surface area contributed by atoms with E-state index in [4.69, 9.17) is 8.83 Å². The molecule has 1 amide bonds. The summed E-state index contributed by atoms with van der Waals surface area (Å²) in [5, 5.41) is 15.2. The number of fused-ring (bicyclic) bond motifs is 2. The fraction of sp³-hybridized carbons (Fsp3) is 0.435. The molecule has 1 atom stereocenters. The number of carbonyl (C=O) groups is 2. The molecular formula is C23H26NO6-. The van der Waals surface area contributed by atoms with E-state index in [1.807, 2.05) is 13.0 Å². The third-order valence-electron chi connectivity index (χ3n) is 5.32. The first-order valence-electron chi connectivity index (χ1n) is 10.0. The van der Waals surface area contributed by atoms with Crippen molar-refractivity contribution in [1.29, 1.82) is 0 Å². The van der Waals surface area contributed by atoms with Gasteiger partial charge in [-0.2, -0.15) is 0 Å². The number of aliphatic carboxylic acids is 1. The number of aryl methyl sites for hydroxylation is 1. The van der Waals surface area contributed by atoms with Crippen LogP contribution in [-0.4, -0.2) is 17.9 Å². The summed E-state index contributed by atoms with van der Waals surface area (Å²) in [7, 11) is 0. The highest BCUT2D eigenvalue weighted by Crippen LogP contribution is 2.35. The highest BCUT2D eigenvalue weighted by molar-refractivity contribution is 5.97. The van der Waals surface area contributed by atoms with Gasteiger partial charge in [0.05, 0.1) is 30.3 Å². The molecule has 0 saturated carbocycles. The molecule has 2 aromatic heterocycles. The van der Waals surface area contributed by atoms with E-state index in [0.717, 1.165) is 10.9 Å². The van der Waals surface area contributed by atoms with Crippen molar-refractivity contribution in [2.75, 3.05) is 0 Å². The number of hydrogen-bond donors (Lipinski definition) is 1. The Kier molecular flexibility index (Phi) is 5.74. The van der Waals surface area contributed by atoms with Gasteiger partial charge in [-0.1, -0.05) is 34.1 Å². The van der Waals surface area contributed by atoms with E-state index >= 15 is 0 Å². The largest absolute Gasteiger partial charge is 0.548 e. The second kappa shape index (κ2) is 7.97. The number of hydrogen-bond acceptors (Lipinski definition) is 6. The first kappa shape index (κ1) is 21.6. The Morgan fingerprint density at radius 1 is 1.17 bits per heavy atom. The molecule has 1 aromatic carbocycles. The van der Waals surface area contributed by atoms with Crippen molar-refractivity contribution >= 4 is 33.8 Å². The van der Waals surface area contributed by atoms with Crippen LogP contribution in [0.1, 0.15) is 57.2 Å². The maximum absolute atomic E-state index is 12.5. The van der Waals surface area contributed by atoms with Gasteiger partial charge in [0, 0.05) is 22.4 Å². The Labute approximate surface area is 174 Å². The van der Waals surface area contributed by atoms with E-state index in [1.165, 1.54) is 0 Å². The van der Waals surface area contributed by atoms with E-state index in [2.05, 4.69) is 26.1 Å². The lowest BCUT2D eigenvalue weighted by atomic mass is 9.86. The van der Waals surface area contributed by atoms with Crippen molar-refractivity contribution in [2.24, 2.45) is 0 Å². The maximum atomic E-state index is 12.5. The number of carboxylic acids is 1. The quantitative estimate of drug-likeness (QED) is 0.623. The van der Waals surface area contributed by atoms with Gasteiger partial charge in [-0.3, -0.25) is 4.79 Å². The average Bonchev–Trinajstić information content (AvgIpc) is 3.06. The number of amides is 1. The Morgan fingerprint density at radius 3 is 2.47 bits per heavy atom. The minimum absolute atomic E-state index is 0.135. The SMILES string of the molecule is CCC[C@H](NC(=O)Cc1c(C)c2cc3c(C(C)(C)C)coc3cc2oc1=O)C(=O)[O-]. The molecule has 0 unspecified atom stereocenters.